The van der Waals surface area contributed by atoms with Gasteiger partial charge in [0, 0.05) is 24.6 Å². The summed E-state index contributed by atoms with van der Waals surface area (Å²) in [6, 6.07) is -1.96. The van der Waals surface area contributed by atoms with Crippen molar-refractivity contribution >= 4 is 35.8 Å². The molecule has 306 valence electrons. The summed E-state index contributed by atoms with van der Waals surface area (Å²) < 4.78 is 16.6. The van der Waals surface area contributed by atoms with Gasteiger partial charge in [-0.2, -0.15) is 11.8 Å². The molecule has 0 heterocycles. The van der Waals surface area contributed by atoms with E-state index in [-0.39, 0.29) is 18.3 Å². The van der Waals surface area contributed by atoms with E-state index in [1.165, 1.54) is 82.4 Å². The van der Waals surface area contributed by atoms with Crippen LogP contribution in [0.1, 0.15) is 145 Å². The van der Waals surface area contributed by atoms with E-state index >= 15 is 0 Å². The van der Waals surface area contributed by atoms with Crippen molar-refractivity contribution in [1.82, 2.24) is 26.2 Å². The molecule has 0 aliphatic heterocycles. The van der Waals surface area contributed by atoms with E-state index in [2.05, 4.69) is 28.2 Å². The van der Waals surface area contributed by atoms with Crippen molar-refractivity contribution in [2.75, 3.05) is 58.4 Å². The molecule has 4 amide bonds. The number of nitrogens with one attached hydrogen (secondary N) is 4. The van der Waals surface area contributed by atoms with Gasteiger partial charge >= 0.3 is 12.2 Å². The molecular formula is C39H77N5O7S. The molecule has 4 N–H and O–H groups in total. The number of ether oxygens (including phenoxy) is 3. The van der Waals surface area contributed by atoms with Crippen molar-refractivity contribution in [3.05, 3.63) is 0 Å². The number of nitrogens with zero attached hydrogens (tertiary/aromatic N) is 1. The SMILES string of the molecule is CCCCCCCCCCCCCCCCOC(=O)NCCSC[C@H](NC(=O)OC(C)(C)C)C(=O)N[C@@H](COC(C)(C)C)C(=O)NCCCN(C)C. The Bertz CT molecular complexity index is 956. The maximum absolute atomic E-state index is 13.5. The molecule has 0 spiro atoms. The molecule has 0 saturated heterocycles. The second kappa shape index (κ2) is 30.1. The van der Waals surface area contributed by atoms with Crippen LogP contribution in [-0.2, 0) is 23.8 Å². The summed E-state index contributed by atoms with van der Waals surface area (Å²) in [6.45, 7) is 15.0. The minimum absolute atomic E-state index is 0.0353. The van der Waals surface area contributed by atoms with E-state index in [0.29, 0.717) is 25.4 Å². The Morgan fingerprint density at radius 1 is 0.635 bits per heavy atom. The number of alkyl carbamates (subject to hydrolysis) is 2. The molecule has 0 bridgehead atoms. The van der Waals surface area contributed by atoms with Crippen molar-refractivity contribution in [3.8, 4) is 0 Å². The number of carbonyl (C=O) groups is 4. The molecule has 0 fully saturated rings. The Labute approximate surface area is 321 Å². The summed E-state index contributed by atoms with van der Waals surface area (Å²) in [6.07, 6.45) is 17.3. The zero-order valence-corrected chi connectivity index (χ0v) is 35.2. The largest absolute Gasteiger partial charge is 0.450 e. The number of amides is 4. The Balaban J connectivity index is 4.63. The van der Waals surface area contributed by atoms with Crippen molar-refractivity contribution in [1.29, 1.82) is 0 Å². The maximum atomic E-state index is 13.5. The van der Waals surface area contributed by atoms with E-state index in [9.17, 15) is 19.2 Å². The molecule has 12 nitrogen and oxygen atoms in total. The minimum Gasteiger partial charge on any atom is -0.450 e. The summed E-state index contributed by atoms with van der Waals surface area (Å²) >= 11 is 1.38. The van der Waals surface area contributed by atoms with E-state index in [1.807, 2.05) is 39.8 Å². The van der Waals surface area contributed by atoms with Crippen LogP contribution in [0, 0.1) is 0 Å². The number of carbonyl (C=O) groups excluding carboxylic acids is 4. The molecule has 0 aromatic rings. The third-order valence-corrected chi connectivity index (χ3v) is 9.00. The van der Waals surface area contributed by atoms with Gasteiger partial charge in [-0.3, -0.25) is 9.59 Å². The average molecular weight is 760 g/mol. The highest BCUT2D eigenvalue weighted by Gasteiger charge is 2.29. The summed E-state index contributed by atoms with van der Waals surface area (Å²) in [5, 5.41) is 11.0. The van der Waals surface area contributed by atoms with Crippen LogP contribution in [0.25, 0.3) is 0 Å². The van der Waals surface area contributed by atoms with Gasteiger partial charge in [0.15, 0.2) is 0 Å². The fraction of sp³-hybridized carbons (Fsp3) is 0.897. The van der Waals surface area contributed by atoms with Gasteiger partial charge in [-0.1, -0.05) is 90.4 Å². The molecule has 52 heavy (non-hydrogen) atoms. The van der Waals surface area contributed by atoms with Crippen molar-refractivity contribution in [3.63, 3.8) is 0 Å². The zero-order chi connectivity index (χ0) is 39.3. The van der Waals surface area contributed by atoms with Crippen LogP contribution in [0.15, 0.2) is 0 Å². The number of hydrogen-bond acceptors (Lipinski definition) is 9. The van der Waals surface area contributed by atoms with Gasteiger partial charge in [-0.25, -0.2) is 9.59 Å². The van der Waals surface area contributed by atoms with Gasteiger partial charge < -0.3 is 40.4 Å². The van der Waals surface area contributed by atoms with Crippen LogP contribution in [-0.4, -0.2) is 111 Å². The predicted octanol–water partition coefficient (Wildman–Crippen LogP) is 7.19. The molecule has 13 heteroatoms. The van der Waals surface area contributed by atoms with Crippen molar-refractivity contribution in [2.24, 2.45) is 0 Å². The number of hydrogen-bond donors (Lipinski definition) is 4. The smallest absolute Gasteiger partial charge is 0.408 e. The van der Waals surface area contributed by atoms with Gasteiger partial charge in [0.05, 0.1) is 18.8 Å². The van der Waals surface area contributed by atoms with Crippen molar-refractivity contribution < 1.29 is 33.4 Å². The normalized spacial score (nSPS) is 13.0. The summed E-state index contributed by atoms with van der Waals surface area (Å²) in [5.74, 6) is -0.226. The molecule has 0 aliphatic rings. The summed E-state index contributed by atoms with van der Waals surface area (Å²) in [4.78, 5) is 53.4. The van der Waals surface area contributed by atoms with Gasteiger partial charge in [-0.05, 0) is 75.0 Å². The molecule has 0 rings (SSSR count). The topological polar surface area (TPSA) is 147 Å². The van der Waals surface area contributed by atoms with E-state index in [4.69, 9.17) is 14.2 Å². The standard InChI is InChI=1S/C39H77N5O7S/c1-10-11-12-13-14-15-16-17-18-19-20-21-22-23-28-49-36(47)41-26-29-52-31-33(43-37(48)51-39(5,6)7)35(46)42-32(30-50-38(2,3)4)34(45)40-25-24-27-44(8)9/h32-33H,10-31H2,1-9H3,(H,40,45)(H,41,47)(H,42,46)(H,43,48)/t32-,33-/m0/s1. The zero-order valence-electron chi connectivity index (χ0n) is 34.4. The minimum atomic E-state index is -0.995. The van der Waals surface area contributed by atoms with Crippen LogP contribution in [0.2, 0.25) is 0 Å². The van der Waals surface area contributed by atoms with E-state index in [0.717, 1.165) is 32.2 Å². The Morgan fingerprint density at radius 2 is 1.19 bits per heavy atom. The van der Waals surface area contributed by atoms with Crippen LogP contribution in [0.5, 0.6) is 0 Å². The first-order valence-electron chi connectivity index (χ1n) is 19.9. The second-order valence-electron chi connectivity index (χ2n) is 15.9. The monoisotopic (exact) mass is 760 g/mol. The fourth-order valence-electron chi connectivity index (χ4n) is 5.09. The van der Waals surface area contributed by atoms with Gasteiger partial charge in [0.1, 0.15) is 17.7 Å². The second-order valence-corrected chi connectivity index (χ2v) is 17.0. The molecule has 0 aliphatic carbocycles. The quantitative estimate of drug-likeness (QED) is 0.0559. The molecule has 0 aromatic carbocycles. The van der Waals surface area contributed by atoms with E-state index in [1.54, 1.807) is 20.8 Å². The molecule has 2 atom stereocenters. The van der Waals surface area contributed by atoms with Crippen LogP contribution in [0.3, 0.4) is 0 Å². The lowest BCUT2D eigenvalue weighted by Crippen LogP contribution is -2.57. The van der Waals surface area contributed by atoms with Crippen LogP contribution < -0.4 is 21.3 Å². The first-order valence-corrected chi connectivity index (χ1v) is 21.0. The highest BCUT2D eigenvalue weighted by Crippen LogP contribution is 2.14. The third kappa shape index (κ3) is 32.4. The number of thioether (sulfide) groups is 1. The average Bonchev–Trinajstić information content (AvgIpc) is 3.04. The molecule has 0 radical (unpaired) electrons. The number of rotatable bonds is 30. The van der Waals surface area contributed by atoms with Gasteiger partial charge in [0.2, 0.25) is 11.8 Å². The number of unbranched alkanes of at least 4 members (excludes halogenated alkanes) is 13. The first-order chi connectivity index (χ1) is 24.5. The molecule has 0 aromatic heterocycles. The summed E-state index contributed by atoms with van der Waals surface area (Å²) in [5.41, 5.74) is -1.29. The van der Waals surface area contributed by atoms with Crippen molar-refractivity contribution in [2.45, 2.75) is 168 Å². The highest BCUT2D eigenvalue weighted by atomic mass is 32.2. The van der Waals surface area contributed by atoms with E-state index < -0.39 is 41.4 Å². The Morgan fingerprint density at radius 3 is 1.71 bits per heavy atom. The fourth-order valence-corrected chi connectivity index (χ4v) is 5.97. The Hall–Kier alpha value is -2.25. The predicted molar refractivity (Wildman–Crippen MR) is 214 cm³/mol. The van der Waals surface area contributed by atoms with Gasteiger partial charge in [0.25, 0.3) is 0 Å². The maximum Gasteiger partial charge on any atom is 0.408 e. The van der Waals surface area contributed by atoms with Crippen LogP contribution in [0.4, 0.5) is 9.59 Å². The Kier molecular flexibility index (Phi) is 28.8. The third-order valence-electron chi connectivity index (χ3n) is 7.94. The summed E-state index contributed by atoms with van der Waals surface area (Å²) in [7, 11) is 3.92. The molecule has 0 unspecified atom stereocenters. The lowest BCUT2D eigenvalue weighted by Gasteiger charge is -2.27. The van der Waals surface area contributed by atoms with Crippen LogP contribution >= 0.6 is 11.8 Å². The molecule has 0 saturated carbocycles. The lowest BCUT2D eigenvalue weighted by atomic mass is 10.0. The highest BCUT2D eigenvalue weighted by molar-refractivity contribution is 7.99. The lowest BCUT2D eigenvalue weighted by molar-refractivity contribution is -0.132. The first kappa shape index (κ1) is 49.8. The molecular weight excluding hydrogens is 683 g/mol. The van der Waals surface area contributed by atoms with Gasteiger partial charge in [-0.15, -0.1) is 0 Å².